The highest BCUT2D eigenvalue weighted by atomic mass is 19.1. The number of rotatable bonds is 3. The van der Waals surface area contributed by atoms with Gasteiger partial charge in [-0.2, -0.15) is 0 Å². The molecule has 2 atom stereocenters. The summed E-state index contributed by atoms with van der Waals surface area (Å²) in [5, 5.41) is 0. The fourth-order valence-corrected chi connectivity index (χ4v) is 4.26. The molecule has 1 aliphatic heterocycles. The maximum absolute atomic E-state index is 13.6. The quantitative estimate of drug-likeness (QED) is 0.907. The second-order valence-corrected chi connectivity index (χ2v) is 5.98. The lowest BCUT2D eigenvalue weighted by atomic mass is 9.83. The third kappa shape index (κ3) is 1.86. The molecule has 0 spiro atoms. The van der Waals surface area contributed by atoms with Crippen molar-refractivity contribution in [2.75, 3.05) is 18.0 Å². The van der Waals surface area contributed by atoms with Crippen molar-refractivity contribution >= 4 is 5.69 Å². The molecule has 1 aliphatic carbocycles. The van der Waals surface area contributed by atoms with Crippen molar-refractivity contribution < 1.29 is 4.39 Å². The van der Waals surface area contributed by atoms with E-state index in [9.17, 15) is 4.39 Å². The van der Waals surface area contributed by atoms with Gasteiger partial charge >= 0.3 is 0 Å². The van der Waals surface area contributed by atoms with Crippen LogP contribution in [-0.4, -0.2) is 18.6 Å². The fraction of sp³-hybridized carbons (Fsp3) is 0.625. The molecular weight excluding hydrogens is 239 g/mol. The summed E-state index contributed by atoms with van der Waals surface area (Å²) in [6.45, 7) is 3.93. The number of nitrogens with zero attached hydrogens (tertiary/aromatic N) is 1. The van der Waals surface area contributed by atoms with Crippen LogP contribution in [0.3, 0.4) is 0 Å². The standard InChI is InChI=1S/C16H23FN2/c1-2-13-4-3-8-16(13,11-18)19-9-7-12-5-6-14(17)10-15(12)19/h5-6,10,13H,2-4,7-9,11,18H2,1H3. The van der Waals surface area contributed by atoms with E-state index < -0.39 is 0 Å². The van der Waals surface area contributed by atoms with E-state index in [0.29, 0.717) is 12.5 Å². The molecule has 3 heteroatoms. The second kappa shape index (κ2) is 4.78. The molecule has 19 heavy (non-hydrogen) atoms. The van der Waals surface area contributed by atoms with Crippen molar-refractivity contribution in [2.45, 2.75) is 44.6 Å². The van der Waals surface area contributed by atoms with Crippen LogP contribution in [0.1, 0.15) is 38.2 Å². The molecule has 104 valence electrons. The SMILES string of the molecule is CCC1CCCC1(CN)N1CCc2ccc(F)cc21. The van der Waals surface area contributed by atoms with Crippen LogP contribution in [-0.2, 0) is 6.42 Å². The molecule has 1 heterocycles. The summed E-state index contributed by atoms with van der Waals surface area (Å²) in [5.74, 6) is 0.510. The average Bonchev–Trinajstić information content (AvgIpc) is 3.01. The van der Waals surface area contributed by atoms with Crippen molar-refractivity contribution in [2.24, 2.45) is 11.7 Å². The Kier molecular flexibility index (Phi) is 3.25. The van der Waals surface area contributed by atoms with E-state index in [0.717, 1.165) is 25.1 Å². The van der Waals surface area contributed by atoms with Crippen LogP contribution in [0.2, 0.25) is 0 Å². The Bertz CT molecular complexity index is 474. The molecule has 0 aromatic heterocycles. The maximum atomic E-state index is 13.6. The number of hydrogen-bond donors (Lipinski definition) is 1. The summed E-state index contributed by atoms with van der Waals surface area (Å²) in [6.07, 6.45) is 5.84. The number of halogens is 1. The summed E-state index contributed by atoms with van der Waals surface area (Å²) in [5.41, 5.74) is 8.60. The van der Waals surface area contributed by atoms with Crippen LogP contribution in [0.5, 0.6) is 0 Å². The molecule has 3 rings (SSSR count). The van der Waals surface area contributed by atoms with E-state index in [1.807, 2.05) is 6.07 Å². The average molecular weight is 262 g/mol. The first-order chi connectivity index (χ1) is 9.21. The molecule has 2 nitrogen and oxygen atoms in total. The third-order valence-electron chi connectivity index (χ3n) is 5.25. The Morgan fingerprint density at radius 2 is 2.32 bits per heavy atom. The predicted molar refractivity (Wildman–Crippen MR) is 76.9 cm³/mol. The number of fused-ring (bicyclic) bond motifs is 1. The zero-order valence-corrected chi connectivity index (χ0v) is 11.7. The van der Waals surface area contributed by atoms with Crippen molar-refractivity contribution in [1.82, 2.24) is 0 Å². The molecule has 1 saturated carbocycles. The van der Waals surface area contributed by atoms with Crippen molar-refractivity contribution in [3.63, 3.8) is 0 Å². The van der Waals surface area contributed by atoms with Gasteiger partial charge < -0.3 is 10.6 Å². The molecule has 2 aliphatic rings. The summed E-state index contributed by atoms with van der Waals surface area (Å²) in [4.78, 5) is 2.42. The van der Waals surface area contributed by atoms with E-state index in [2.05, 4.69) is 11.8 Å². The van der Waals surface area contributed by atoms with Crippen LogP contribution < -0.4 is 10.6 Å². The summed E-state index contributed by atoms with van der Waals surface area (Å²) in [6, 6.07) is 5.21. The maximum Gasteiger partial charge on any atom is 0.125 e. The van der Waals surface area contributed by atoms with Crippen molar-refractivity contribution in [3.8, 4) is 0 Å². The van der Waals surface area contributed by atoms with Gasteiger partial charge in [-0.1, -0.05) is 25.8 Å². The highest BCUT2D eigenvalue weighted by molar-refractivity contribution is 5.60. The number of benzene rings is 1. The van der Waals surface area contributed by atoms with Gasteiger partial charge in [0.25, 0.3) is 0 Å². The molecule has 0 bridgehead atoms. The summed E-state index contributed by atoms with van der Waals surface area (Å²) < 4.78 is 13.6. The Balaban J connectivity index is 2.01. The van der Waals surface area contributed by atoms with Crippen LogP contribution in [0.25, 0.3) is 0 Å². The number of hydrogen-bond acceptors (Lipinski definition) is 2. The summed E-state index contributed by atoms with van der Waals surface area (Å²) in [7, 11) is 0. The van der Waals surface area contributed by atoms with Gasteiger partial charge in [0, 0.05) is 18.8 Å². The first-order valence-electron chi connectivity index (χ1n) is 7.47. The van der Waals surface area contributed by atoms with Gasteiger partial charge in [0.05, 0.1) is 5.54 Å². The molecule has 2 unspecified atom stereocenters. The normalized spacial score (nSPS) is 29.8. The highest BCUT2D eigenvalue weighted by Gasteiger charge is 2.47. The Morgan fingerprint density at radius 3 is 3.05 bits per heavy atom. The van der Waals surface area contributed by atoms with Crippen LogP contribution in [0.15, 0.2) is 18.2 Å². The molecule has 0 amide bonds. The Morgan fingerprint density at radius 1 is 1.47 bits per heavy atom. The topological polar surface area (TPSA) is 29.3 Å². The smallest absolute Gasteiger partial charge is 0.125 e. The van der Waals surface area contributed by atoms with Crippen LogP contribution in [0.4, 0.5) is 10.1 Å². The zero-order valence-electron chi connectivity index (χ0n) is 11.7. The lowest BCUT2D eigenvalue weighted by Crippen LogP contribution is -2.56. The van der Waals surface area contributed by atoms with Crippen molar-refractivity contribution in [3.05, 3.63) is 29.6 Å². The minimum absolute atomic E-state index is 0.0633. The van der Waals surface area contributed by atoms with E-state index >= 15 is 0 Å². The monoisotopic (exact) mass is 262 g/mol. The fourth-order valence-electron chi connectivity index (χ4n) is 4.26. The molecule has 0 saturated heterocycles. The van der Waals surface area contributed by atoms with Gasteiger partial charge in [0.2, 0.25) is 0 Å². The Hall–Kier alpha value is -1.09. The molecular formula is C16H23FN2. The molecule has 1 aromatic rings. The molecule has 2 N–H and O–H groups in total. The first-order valence-corrected chi connectivity index (χ1v) is 7.47. The number of nitrogens with two attached hydrogens (primary N) is 1. The Labute approximate surface area is 114 Å². The van der Waals surface area contributed by atoms with Gasteiger partial charge in [-0.25, -0.2) is 4.39 Å². The minimum atomic E-state index is -0.135. The third-order valence-corrected chi connectivity index (χ3v) is 5.25. The highest BCUT2D eigenvalue weighted by Crippen LogP contribution is 2.46. The zero-order chi connectivity index (χ0) is 13.5. The van der Waals surface area contributed by atoms with Crippen molar-refractivity contribution in [1.29, 1.82) is 0 Å². The van der Waals surface area contributed by atoms with E-state index in [-0.39, 0.29) is 11.4 Å². The molecule has 0 radical (unpaired) electrons. The lowest BCUT2D eigenvalue weighted by molar-refractivity contribution is 0.295. The molecule has 1 aromatic carbocycles. The van der Waals surface area contributed by atoms with Gasteiger partial charge in [0.1, 0.15) is 5.82 Å². The largest absolute Gasteiger partial charge is 0.364 e. The lowest BCUT2D eigenvalue weighted by Gasteiger charge is -2.44. The number of anilines is 1. The van der Waals surface area contributed by atoms with Crippen LogP contribution in [0, 0.1) is 11.7 Å². The van der Waals surface area contributed by atoms with Gasteiger partial charge in [-0.3, -0.25) is 0 Å². The second-order valence-electron chi connectivity index (χ2n) is 5.98. The van der Waals surface area contributed by atoms with Gasteiger partial charge in [-0.15, -0.1) is 0 Å². The van der Waals surface area contributed by atoms with Gasteiger partial charge in [-0.05, 0) is 42.9 Å². The van der Waals surface area contributed by atoms with E-state index in [1.54, 1.807) is 12.1 Å². The molecule has 1 fully saturated rings. The van der Waals surface area contributed by atoms with Crippen LogP contribution >= 0.6 is 0 Å². The van der Waals surface area contributed by atoms with E-state index in [4.69, 9.17) is 5.73 Å². The first kappa shape index (κ1) is 12.9. The van der Waals surface area contributed by atoms with Gasteiger partial charge in [0.15, 0.2) is 0 Å². The minimum Gasteiger partial charge on any atom is -0.364 e. The van der Waals surface area contributed by atoms with E-state index in [1.165, 1.54) is 24.8 Å². The predicted octanol–water partition coefficient (Wildman–Crippen LogP) is 3.10. The summed E-state index contributed by atoms with van der Waals surface area (Å²) >= 11 is 0.